The van der Waals surface area contributed by atoms with Crippen LogP contribution in [0.1, 0.15) is 6.42 Å². The monoisotopic (exact) mass is 150 g/mol. The van der Waals surface area contributed by atoms with Crippen molar-refractivity contribution in [3.63, 3.8) is 0 Å². The SMILES string of the molecule is NCC(=O)NC1CC1(F)F. The van der Waals surface area contributed by atoms with Gasteiger partial charge in [-0.1, -0.05) is 0 Å². The second-order valence-electron chi connectivity index (χ2n) is 2.29. The van der Waals surface area contributed by atoms with Gasteiger partial charge in [0.1, 0.15) is 0 Å². The average molecular weight is 150 g/mol. The van der Waals surface area contributed by atoms with E-state index in [1.165, 1.54) is 0 Å². The third-order valence-electron chi connectivity index (χ3n) is 1.35. The number of rotatable bonds is 2. The highest BCUT2D eigenvalue weighted by Crippen LogP contribution is 2.41. The van der Waals surface area contributed by atoms with Gasteiger partial charge in [-0.15, -0.1) is 0 Å². The molecule has 1 fully saturated rings. The maximum atomic E-state index is 12.0. The minimum atomic E-state index is -2.69. The van der Waals surface area contributed by atoms with Gasteiger partial charge in [-0.05, 0) is 0 Å². The Balaban J connectivity index is 2.24. The molecule has 0 saturated heterocycles. The van der Waals surface area contributed by atoms with Gasteiger partial charge in [0, 0.05) is 6.42 Å². The van der Waals surface area contributed by atoms with E-state index in [1.54, 1.807) is 0 Å². The molecule has 0 aromatic rings. The first-order valence-corrected chi connectivity index (χ1v) is 2.93. The predicted octanol–water partition coefficient (Wildman–Crippen LogP) is -0.531. The third-order valence-corrected chi connectivity index (χ3v) is 1.35. The van der Waals surface area contributed by atoms with Crippen molar-refractivity contribution in [1.82, 2.24) is 5.32 Å². The Morgan fingerprint density at radius 1 is 1.80 bits per heavy atom. The molecule has 0 heterocycles. The number of carbonyl (C=O) groups excluding carboxylic acids is 1. The molecule has 0 aromatic carbocycles. The number of halogens is 2. The maximum Gasteiger partial charge on any atom is 0.270 e. The molecule has 3 nitrogen and oxygen atoms in total. The second kappa shape index (κ2) is 2.16. The van der Waals surface area contributed by atoms with Crippen LogP contribution in [-0.4, -0.2) is 24.4 Å². The first kappa shape index (κ1) is 7.40. The molecule has 0 bridgehead atoms. The van der Waals surface area contributed by atoms with Gasteiger partial charge in [-0.25, -0.2) is 8.78 Å². The zero-order valence-corrected chi connectivity index (χ0v) is 5.23. The van der Waals surface area contributed by atoms with Crippen molar-refractivity contribution in [2.75, 3.05) is 6.54 Å². The fourth-order valence-corrected chi connectivity index (χ4v) is 0.623. The molecule has 0 aliphatic heterocycles. The summed E-state index contributed by atoms with van der Waals surface area (Å²) in [5.41, 5.74) is 4.88. The van der Waals surface area contributed by atoms with Gasteiger partial charge in [0.2, 0.25) is 5.91 Å². The summed E-state index contributed by atoms with van der Waals surface area (Å²) < 4.78 is 24.1. The molecule has 1 amide bonds. The number of amides is 1. The Labute approximate surface area is 56.6 Å². The molecule has 1 unspecified atom stereocenters. The molecule has 0 spiro atoms. The third kappa shape index (κ3) is 1.41. The zero-order chi connectivity index (χ0) is 7.78. The van der Waals surface area contributed by atoms with Crippen LogP contribution >= 0.6 is 0 Å². The molecule has 1 saturated carbocycles. The minimum Gasteiger partial charge on any atom is -0.346 e. The van der Waals surface area contributed by atoms with E-state index < -0.39 is 17.9 Å². The Bertz CT molecular complexity index is 160. The summed E-state index contributed by atoms with van der Waals surface area (Å²) in [4.78, 5) is 10.4. The van der Waals surface area contributed by atoms with E-state index in [4.69, 9.17) is 5.73 Å². The molecule has 0 radical (unpaired) electrons. The lowest BCUT2D eigenvalue weighted by Crippen LogP contribution is -2.34. The Kier molecular flexibility index (Phi) is 1.60. The van der Waals surface area contributed by atoms with E-state index in [-0.39, 0.29) is 13.0 Å². The topological polar surface area (TPSA) is 55.1 Å². The Morgan fingerprint density at radius 3 is 2.60 bits per heavy atom. The number of carbonyl (C=O) groups is 1. The molecule has 1 aliphatic carbocycles. The van der Waals surface area contributed by atoms with Crippen molar-refractivity contribution in [1.29, 1.82) is 0 Å². The molecule has 58 valence electrons. The second-order valence-corrected chi connectivity index (χ2v) is 2.29. The molecule has 3 N–H and O–H groups in total. The highest BCUT2D eigenvalue weighted by atomic mass is 19.3. The summed E-state index contributed by atoms with van der Waals surface area (Å²) in [6.07, 6.45) is -0.251. The van der Waals surface area contributed by atoms with E-state index >= 15 is 0 Å². The van der Waals surface area contributed by atoms with Crippen molar-refractivity contribution in [2.45, 2.75) is 18.4 Å². The van der Waals surface area contributed by atoms with E-state index in [9.17, 15) is 13.6 Å². The molecule has 0 aromatic heterocycles. The number of hydrogen-bond acceptors (Lipinski definition) is 2. The number of alkyl halides is 2. The van der Waals surface area contributed by atoms with Crippen molar-refractivity contribution < 1.29 is 13.6 Å². The van der Waals surface area contributed by atoms with Crippen molar-refractivity contribution in [3.05, 3.63) is 0 Å². The molecule has 1 atom stereocenters. The van der Waals surface area contributed by atoms with E-state index in [1.807, 2.05) is 0 Å². The zero-order valence-electron chi connectivity index (χ0n) is 5.23. The fraction of sp³-hybridized carbons (Fsp3) is 0.800. The first-order valence-electron chi connectivity index (χ1n) is 2.93. The summed E-state index contributed by atoms with van der Waals surface area (Å²) in [5.74, 6) is -3.22. The molecule has 1 rings (SSSR count). The lowest BCUT2D eigenvalue weighted by Gasteiger charge is -1.99. The van der Waals surface area contributed by atoms with E-state index in [2.05, 4.69) is 5.32 Å². The van der Waals surface area contributed by atoms with Crippen LogP contribution in [0.4, 0.5) is 8.78 Å². The summed E-state index contributed by atoms with van der Waals surface area (Å²) in [6.45, 7) is -0.230. The average Bonchev–Trinajstić information content (AvgIpc) is 2.40. The van der Waals surface area contributed by atoms with Crippen LogP contribution < -0.4 is 11.1 Å². The normalized spacial score (nSPS) is 27.7. The van der Waals surface area contributed by atoms with E-state index in [0.29, 0.717) is 0 Å². The number of hydrogen-bond donors (Lipinski definition) is 2. The summed E-state index contributed by atoms with van der Waals surface area (Å²) in [7, 11) is 0. The van der Waals surface area contributed by atoms with Gasteiger partial charge in [-0.2, -0.15) is 0 Å². The van der Waals surface area contributed by atoms with Crippen molar-refractivity contribution in [2.24, 2.45) is 5.73 Å². The van der Waals surface area contributed by atoms with Gasteiger partial charge in [-0.3, -0.25) is 4.79 Å². The van der Waals surface area contributed by atoms with Crippen LogP contribution in [0.5, 0.6) is 0 Å². The molecular formula is C5H8F2N2O. The molecule has 1 aliphatic rings. The summed E-state index contributed by atoms with van der Waals surface area (Å²) in [6, 6.07) is -0.969. The standard InChI is InChI=1S/C5H8F2N2O/c6-5(7)1-3(5)9-4(10)2-8/h3H,1-2,8H2,(H,9,10). The number of nitrogens with one attached hydrogen (secondary N) is 1. The van der Waals surface area contributed by atoms with E-state index in [0.717, 1.165) is 0 Å². The largest absolute Gasteiger partial charge is 0.346 e. The Morgan fingerprint density at radius 2 is 2.30 bits per heavy atom. The summed E-state index contributed by atoms with van der Waals surface area (Å²) >= 11 is 0. The van der Waals surface area contributed by atoms with Gasteiger partial charge >= 0.3 is 0 Å². The minimum absolute atomic E-state index is 0.230. The van der Waals surface area contributed by atoms with Crippen LogP contribution in [0.3, 0.4) is 0 Å². The highest BCUT2D eigenvalue weighted by molar-refractivity contribution is 5.78. The van der Waals surface area contributed by atoms with Gasteiger partial charge in [0.15, 0.2) is 0 Å². The summed E-state index contributed by atoms with van der Waals surface area (Å²) in [5, 5.41) is 2.08. The predicted molar refractivity (Wildman–Crippen MR) is 30.5 cm³/mol. The maximum absolute atomic E-state index is 12.0. The quantitative estimate of drug-likeness (QED) is 0.556. The molecular weight excluding hydrogens is 142 g/mol. The van der Waals surface area contributed by atoms with Crippen LogP contribution in [-0.2, 0) is 4.79 Å². The number of nitrogens with two attached hydrogens (primary N) is 1. The van der Waals surface area contributed by atoms with Gasteiger partial charge < -0.3 is 11.1 Å². The Hall–Kier alpha value is -0.710. The molecule has 5 heteroatoms. The molecule has 10 heavy (non-hydrogen) atoms. The first-order chi connectivity index (χ1) is 4.56. The van der Waals surface area contributed by atoms with Crippen LogP contribution in [0.25, 0.3) is 0 Å². The van der Waals surface area contributed by atoms with Crippen molar-refractivity contribution in [3.8, 4) is 0 Å². The van der Waals surface area contributed by atoms with Gasteiger partial charge in [0.05, 0.1) is 12.6 Å². The smallest absolute Gasteiger partial charge is 0.270 e. The van der Waals surface area contributed by atoms with Gasteiger partial charge in [0.25, 0.3) is 5.92 Å². The van der Waals surface area contributed by atoms with Crippen LogP contribution in [0, 0.1) is 0 Å². The van der Waals surface area contributed by atoms with Crippen LogP contribution in [0.15, 0.2) is 0 Å². The van der Waals surface area contributed by atoms with Crippen molar-refractivity contribution >= 4 is 5.91 Å². The lowest BCUT2D eigenvalue weighted by molar-refractivity contribution is -0.120. The highest BCUT2D eigenvalue weighted by Gasteiger charge is 2.57. The fourth-order valence-electron chi connectivity index (χ4n) is 0.623. The van der Waals surface area contributed by atoms with Crippen LogP contribution in [0.2, 0.25) is 0 Å². The lowest BCUT2D eigenvalue weighted by atomic mass is 10.5.